The molecule has 0 unspecified atom stereocenters. The minimum absolute atomic E-state index is 0.0284. The molecule has 0 saturated heterocycles. The highest BCUT2D eigenvalue weighted by Crippen LogP contribution is 2.37. The maximum Gasteiger partial charge on any atom is 0.421 e. The molecule has 2 N–H and O–H groups in total. The second-order valence-corrected chi connectivity index (χ2v) is 7.98. The van der Waals surface area contributed by atoms with Gasteiger partial charge in [-0.15, -0.1) is 0 Å². The number of para-hydroxylation sites is 2. The second kappa shape index (κ2) is 12.8. The Morgan fingerprint density at radius 1 is 0.829 bits per heavy atom. The van der Waals surface area contributed by atoms with E-state index >= 15 is 0 Å². The van der Waals surface area contributed by atoms with E-state index in [1.54, 1.807) is 48.5 Å². The van der Waals surface area contributed by atoms with Crippen LogP contribution >= 0.6 is 0 Å². The molecule has 0 amide bonds. The molecular formula is C26H31F3N4O2. The van der Waals surface area contributed by atoms with Crippen LogP contribution in [0, 0.1) is 0 Å². The highest BCUT2D eigenvalue weighted by atomic mass is 19.4. The Balaban J connectivity index is 1.75. The first-order valence-electron chi connectivity index (χ1n) is 11.8. The van der Waals surface area contributed by atoms with E-state index in [1.165, 1.54) is 12.8 Å². The summed E-state index contributed by atoms with van der Waals surface area (Å²) in [6.07, 6.45) is 1.39. The van der Waals surface area contributed by atoms with Crippen LogP contribution in [-0.4, -0.2) is 23.2 Å². The fourth-order valence-electron chi connectivity index (χ4n) is 3.26. The number of nitrogens with one attached hydrogen (secondary N) is 2. The lowest BCUT2D eigenvalue weighted by Crippen LogP contribution is -2.13. The number of nitrogens with zero attached hydrogens (tertiary/aromatic N) is 2. The van der Waals surface area contributed by atoms with Crippen molar-refractivity contribution in [3.8, 4) is 11.5 Å². The van der Waals surface area contributed by atoms with E-state index in [4.69, 9.17) is 9.47 Å². The average molecular weight is 489 g/mol. The molecule has 188 valence electrons. The molecule has 0 radical (unpaired) electrons. The third-order valence-electron chi connectivity index (χ3n) is 5.07. The van der Waals surface area contributed by atoms with Crippen LogP contribution in [0.4, 0.5) is 36.3 Å². The SMILES string of the molecule is CCCCCCOc1ccc(Nc2ncc(C(F)(F)F)c(Nc3ccccc3OCCC)n2)cc1. The van der Waals surface area contributed by atoms with Crippen molar-refractivity contribution in [2.45, 2.75) is 52.1 Å². The maximum absolute atomic E-state index is 13.6. The van der Waals surface area contributed by atoms with Gasteiger partial charge in [-0.1, -0.05) is 45.2 Å². The summed E-state index contributed by atoms with van der Waals surface area (Å²) < 4.78 is 52.3. The fraction of sp³-hybridized carbons (Fsp3) is 0.385. The van der Waals surface area contributed by atoms with Gasteiger partial charge in [0.1, 0.15) is 22.9 Å². The van der Waals surface area contributed by atoms with Gasteiger partial charge in [0, 0.05) is 11.9 Å². The minimum Gasteiger partial charge on any atom is -0.494 e. The van der Waals surface area contributed by atoms with Crippen molar-refractivity contribution in [1.29, 1.82) is 0 Å². The number of rotatable bonds is 13. The van der Waals surface area contributed by atoms with Gasteiger partial charge in [-0.2, -0.15) is 18.2 Å². The molecule has 0 aliphatic rings. The van der Waals surface area contributed by atoms with Gasteiger partial charge >= 0.3 is 6.18 Å². The number of alkyl halides is 3. The van der Waals surface area contributed by atoms with Gasteiger partial charge < -0.3 is 20.1 Å². The van der Waals surface area contributed by atoms with E-state index in [1.807, 2.05) is 6.92 Å². The molecule has 0 atom stereocenters. The Kier molecular flexibility index (Phi) is 9.57. The first-order chi connectivity index (χ1) is 16.9. The lowest BCUT2D eigenvalue weighted by molar-refractivity contribution is -0.137. The normalized spacial score (nSPS) is 11.2. The molecule has 2 aromatic carbocycles. The summed E-state index contributed by atoms with van der Waals surface area (Å²) in [6, 6.07) is 13.9. The van der Waals surface area contributed by atoms with Gasteiger partial charge in [0.05, 0.1) is 18.9 Å². The van der Waals surface area contributed by atoms with Crippen LogP contribution in [-0.2, 0) is 6.18 Å². The van der Waals surface area contributed by atoms with Crippen LogP contribution in [0.2, 0.25) is 0 Å². The molecule has 3 aromatic rings. The average Bonchev–Trinajstić information content (AvgIpc) is 2.84. The zero-order valence-corrected chi connectivity index (χ0v) is 20.0. The van der Waals surface area contributed by atoms with Gasteiger partial charge in [-0.3, -0.25) is 0 Å². The van der Waals surface area contributed by atoms with Gasteiger partial charge in [0.15, 0.2) is 0 Å². The third kappa shape index (κ3) is 8.05. The van der Waals surface area contributed by atoms with Crippen molar-refractivity contribution in [3.63, 3.8) is 0 Å². The van der Waals surface area contributed by atoms with Gasteiger partial charge in [-0.25, -0.2) is 4.98 Å². The number of aromatic nitrogens is 2. The molecule has 0 bridgehead atoms. The Hall–Kier alpha value is -3.49. The lowest BCUT2D eigenvalue weighted by Gasteiger charge is -2.17. The Morgan fingerprint density at radius 2 is 1.60 bits per heavy atom. The van der Waals surface area contributed by atoms with E-state index in [0.717, 1.165) is 31.2 Å². The quantitative estimate of drug-likeness (QED) is 0.240. The minimum atomic E-state index is -4.63. The van der Waals surface area contributed by atoms with Gasteiger partial charge in [0.2, 0.25) is 5.95 Å². The summed E-state index contributed by atoms with van der Waals surface area (Å²) in [5.74, 6) is 0.836. The smallest absolute Gasteiger partial charge is 0.421 e. The maximum atomic E-state index is 13.6. The topological polar surface area (TPSA) is 68.3 Å². The standard InChI is InChI=1S/C26H31F3N4O2/c1-3-5-6-9-17-34-20-14-12-19(13-15-20)31-25-30-18-21(26(27,28)29)24(33-25)32-22-10-7-8-11-23(22)35-16-4-2/h7-8,10-15,18H,3-6,9,16-17H2,1-2H3,(H2,30,31,32,33). The number of benzene rings is 2. The van der Waals surface area contributed by atoms with Crippen molar-refractivity contribution in [2.24, 2.45) is 0 Å². The van der Waals surface area contributed by atoms with Crippen LogP contribution in [0.1, 0.15) is 51.5 Å². The van der Waals surface area contributed by atoms with E-state index in [0.29, 0.717) is 30.3 Å². The molecule has 1 heterocycles. The summed E-state index contributed by atoms with van der Waals surface area (Å²) in [7, 11) is 0. The van der Waals surface area contributed by atoms with Gasteiger partial charge in [-0.05, 0) is 49.2 Å². The van der Waals surface area contributed by atoms with Crippen molar-refractivity contribution >= 4 is 23.1 Å². The third-order valence-corrected chi connectivity index (χ3v) is 5.07. The largest absolute Gasteiger partial charge is 0.494 e. The molecule has 35 heavy (non-hydrogen) atoms. The van der Waals surface area contributed by atoms with Crippen LogP contribution in [0.15, 0.2) is 54.7 Å². The molecular weight excluding hydrogens is 457 g/mol. The second-order valence-electron chi connectivity index (χ2n) is 7.98. The zero-order valence-electron chi connectivity index (χ0n) is 20.0. The highest BCUT2D eigenvalue weighted by molar-refractivity contribution is 5.67. The zero-order chi connectivity index (χ0) is 25.1. The number of anilines is 4. The van der Waals surface area contributed by atoms with Crippen LogP contribution < -0.4 is 20.1 Å². The predicted octanol–water partition coefficient (Wildman–Crippen LogP) is 7.73. The Labute approximate surface area is 203 Å². The predicted molar refractivity (Wildman–Crippen MR) is 132 cm³/mol. The number of unbranched alkanes of at least 4 members (excludes halogenated alkanes) is 3. The van der Waals surface area contributed by atoms with E-state index in [-0.39, 0.29) is 11.8 Å². The van der Waals surface area contributed by atoms with Crippen LogP contribution in [0.3, 0.4) is 0 Å². The molecule has 6 nitrogen and oxygen atoms in total. The summed E-state index contributed by atoms with van der Waals surface area (Å²) in [6.45, 7) is 5.20. The number of hydrogen-bond acceptors (Lipinski definition) is 6. The first-order valence-corrected chi connectivity index (χ1v) is 11.8. The van der Waals surface area contributed by atoms with Crippen molar-refractivity contribution < 1.29 is 22.6 Å². The van der Waals surface area contributed by atoms with Crippen LogP contribution in [0.25, 0.3) is 0 Å². The Morgan fingerprint density at radius 3 is 2.31 bits per heavy atom. The highest BCUT2D eigenvalue weighted by Gasteiger charge is 2.35. The van der Waals surface area contributed by atoms with Crippen molar-refractivity contribution in [2.75, 3.05) is 23.8 Å². The van der Waals surface area contributed by atoms with E-state index in [9.17, 15) is 13.2 Å². The summed E-state index contributed by atoms with van der Waals surface area (Å²) in [4.78, 5) is 7.98. The molecule has 1 aromatic heterocycles. The number of ether oxygens (including phenoxy) is 2. The molecule has 0 saturated carbocycles. The van der Waals surface area contributed by atoms with Crippen molar-refractivity contribution in [1.82, 2.24) is 9.97 Å². The van der Waals surface area contributed by atoms with Gasteiger partial charge in [0.25, 0.3) is 0 Å². The lowest BCUT2D eigenvalue weighted by atomic mass is 10.2. The first kappa shape index (κ1) is 26.1. The summed E-state index contributed by atoms with van der Waals surface area (Å²) >= 11 is 0. The number of halogens is 3. The van der Waals surface area contributed by atoms with Crippen LogP contribution in [0.5, 0.6) is 11.5 Å². The summed E-state index contributed by atoms with van der Waals surface area (Å²) in [5, 5.41) is 5.73. The van der Waals surface area contributed by atoms with E-state index < -0.39 is 11.7 Å². The molecule has 0 fully saturated rings. The Bertz CT molecular complexity index is 1060. The molecule has 9 heteroatoms. The monoisotopic (exact) mass is 488 g/mol. The molecule has 0 spiro atoms. The summed E-state index contributed by atoms with van der Waals surface area (Å²) in [5.41, 5.74) is 0.0393. The molecule has 0 aliphatic heterocycles. The van der Waals surface area contributed by atoms with E-state index in [2.05, 4.69) is 27.5 Å². The van der Waals surface area contributed by atoms with Crippen molar-refractivity contribution in [3.05, 3.63) is 60.3 Å². The number of hydrogen-bond donors (Lipinski definition) is 2. The molecule has 0 aliphatic carbocycles. The fourth-order valence-corrected chi connectivity index (χ4v) is 3.26. The molecule has 3 rings (SSSR count).